The van der Waals surface area contributed by atoms with Crippen LogP contribution in [-0.2, 0) is 0 Å². The van der Waals surface area contributed by atoms with Gasteiger partial charge in [0.15, 0.2) is 11.5 Å². The fraction of sp³-hybridized carbons (Fsp3) is 0.100. The van der Waals surface area contributed by atoms with Gasteiger partial charge in [-0.25, -0.2) is 0 Å². The molecule has 3 rings (SSSR count). The molecule has 0 spiro atoms. The van der Waals surface area contributed by atoms with Crippen molar-refractivity contribution in [3.05, 3.63) is 84.4 Å². The second-order valence-electron chi connectivity index (χ2n) is 5.56. The summed E-state index contributed by atoms with van der Waals surface area (Å²) in [5.74, 6) is 1.46. The van der Waals surface area contributed by atoms with E-state index < -0.39 is 12.2 Å². The van der Waals surface area contributed by atoms with Crippen LogP contribution in [0.1, 0.15) is 11.6 Å². The molecule has 0 aliphatic heterocycles. The van der Waals surface area contributed by atoms with E-state index >= 15 is 0 Å². The first-order chi connectivity index (χ1) is 12.4. The van der Waals surface area contributed by atoms with E-state index in [9.17, 15) is 13.2 Å². The fourth-order valence-electron chi connectivity index (χ4n) is 2.30. The summed E-state index contributed by atoms with van der Waals surface area (Å²) in [5, 5.41) is 0. The quantitative estimate of drug-likeness (QED) is 0.623. The number of ether oxygens (including phenoxy) is 2. The Balaban J connectivity index is 1.97. The van der Waals surface area contributed by atoms with E-state index in [1.54, 1.807) is 48.5 Å². The van der Waals surface area contributed by atoms with Crippen molar-refractivity contribution in [2.24, 2.45) is 5.73 Å². The van der Waals surface area contributed by atoms with Gasteiger partial charge in [-0.1, -0.05) is 42.5 Å². The first-order valence-electron chi connectivity index (χ1n) is 7.85. The van der Waals surface area contributed by atoms with Crippen molar-refractivity contribution in [1.82, 2.24) is 0 Å². The van der Waals surface area contributed by atoms with Gasteiger partial charge in [-0.05, 0) is 42.0 Å². The van der Waals surface area contributed by atoms with Gasteiger partial charge in [-0.15, -0.1) is 0 Å². The standard InChI is InChI=1S/C20H16F3NO2/c21-20(22,23)19(24)14-11-12-17(25-15-7-3-1-4-8-15)18(13-14)26-16-9-5-2-6-10-16/h1-13,19H,24H2/t19-/m0/s1. The van der Waals surface area contributed by atoms with Crippen LogP contribution in [0.25, 0.3) is 0 Å². The molecule has 0 aliphatic rings. The number of alkyl halides is 3. The number of halogens is 3. The highest BCUT2D eigenvalue weighted by molar-refractivity contribution is 5.48. The number of para-hydroxylation sites is 2. The van der Waals surface area contributed by atoms with Crippen molar-refractivity contribution in [2.45, 2.75) is 12.2 Å². The zero-order valence-electron chi connectivity index (χ0n) is 13.6. The van der Waals surface area contributed by atoms with Crippen molar-refractivity contribution < 1.29 is 22.6 Å². The van der Waals surface area contributed by atoms with E-state index in [4.69, 9.17) is 15.2 Å². The smallest absolute Gasteiger partial charge is 0.407 e. The van der Waals surface area contributed by atoms with Gasteiger partial charge in [-0.3, -0.25) is 0 Å². The van der Waals surface area contributed by atoms with E-state index in [0.29, 0.717) is 11.5 Å². The Hall–Kier alpha value is -2.99. The molecule has 0 amide bonds. The van der Waals surface area contributed by atoms with Gasteiger partial charge in [0.1, 0.15) is 17.5 Å². The summed E-state index contributed by atoms with van der Waals surface area (Å²) in [6.07, 6.45) is -4.55. The van der Waals surface area contributed by atoms with Crippen LogP contribution in [0.2, 0.25) is 0 Å². The average molecular weight is 359 g/mol. The Morgan fingerprint density at radius 2 is 1.19 bits per heavy atom. The van der Waals surface area contributed by atoms with Crippen LogP contribution in [0.5, 0.6) is 23.0 Å². The van der Waals surface area contributed by atoms with E-state index in [2.05, 4.69) is 0 Å². The Kier molecular flexibility index (Phi) is 5.14. The number of hydrogen-bond acceptors (Lipinski definition) is 3. The minimum Gasteiger partial charge on any atom is -0.453 e. The molecule has 0 bridgehead atoms. The fourth-order valence-corrected chi connectivity index (χ4v) is 2.30. The van der Waals surface area contributed by atoms with Crippen molar-refractivity contribution in [1.29, 1.82) is 0 Å². The van der Waals surface area contributed by atoms with Crippen molar-refractivity contribution in [3.63, 3.8) is 0 Å². The lowest BCUT2D eigenvalue weighted by atomic mass is 10.1. The van der Waals surface area contributed by atoms with Gasteiger partial charge in [-0.2, -0.15) is 13.2 Å². The predicted molar refractivity (Wildman–Crippen MR) is 92.5 cm³/mol. The maximum Gasteiger partial charge on any atom is 0.407 e. The van der Waals surface area contributed by atoms with E-state index in [1.165, 1.54) is 18.2 Å². The van der Waals surface area contributed by atoms with Gasteiger partial charge in [0, 0.05) is 0 Å². The van der Waals surface area contributed by atoms with Crippen LogP contribution in [0.15, 0.2) is 78.9 Å². The largest absolute Gasteiger partial charge is 0.453 e. The second-order valence-corrected chi connectivity index (χ2v) is 5.56. The molecule has 0 aromatic heterocycles. The summed E-state index contributed by atoms with van der Waals surface area (Å²) in [6.45, 7) is 0. The third-order valence-corrected chi connectivity index (χ3v) is 3.62. The molecule has 0 saturated carbocycles. The SMILES string of the molecule is N[C@@H](c1ccc(Oc2ccccc2)c(Oc2ccccc2)c1)C(F)(F)F. The molecule has 2 N–H and O–H groups in total. The van der Waals surface area contributed by atoms with Crippen LogP contribution in [-0.4, -0.2) is 6.18 Å². The molecule has 3 aromatic rings. The van der Waals surface area contributed by atoms with Crippen LogP contribution in [0.4, 0.5) is 13.2 Å². The topological polar surface area (TPSA) is 44.5 Å². The minimum atomic E-state index is -4.55. The predicted octanol–water partition coefficient (Wildman–Crippen LogP) is 5.83. The summed E-state index contributed by atoms with van der Waals surface area (Å²) >= 11 is 0. The summed E-state index contributed by atoms with van der Waals surface area (Å²) in [6, 6.07) is 19.5. The first kappa shape index (κ1) is 17.8. The number of hydrogen-bond donors (Lipinski definition) is 1. The third-order valence-electron chi connectivity index (χ3n) is 3.62. The van der Waals surface area contributed by atoms with E-state index in [0.717, 1.165) is 0 Å². The maximum absolute atomic E-state index is 12.9. The highest BCUT2D eigenvalue weighted by atomic mass is 19.4. The number of rotatable bonds is 5. The average Bonchev–Trinajstić information content (AvgIpc) is 2.63. The van der Waals surface area contributed by atoms with Crippen molar-refractivity contribution >= 4 is 0 Å². The van der Waals surface area contributed by atoms with Crippen LogP contribution in [0.3, 0.4) is 0 Å². The van der Waals surface area contributed by atoms with Gasteiger partial charge in [0.05, 0.1) is 0 Å². The molecule has 3 aromatic carbocycles. The van der Waals surface area contributed by atoms with E-state index in [-0.39, 0.29) is 17.1 Å². The summed E-state index contributed by atoms with van der Waals surface area (Å²) in [4.78, 5) is 0. The van der Waals surface area contributed by atoms with Crippen molar-refractivity contribution in [3.8, 4) is 23.0 Å². The van der Waals surface area contributed by atoms with Gasteiger partial charge >= 0.3 is 6.18 Å². The Morgan fingerprint density at radius 1 is 0.692 bits per heavy atom. The zero-order chi connectivity index (χ0) is 18.6. The molecule has 0 fully saturated rings. The molecule has 134 valence electrons. The highest BCUT2D eigenvalue weighted by Crippen LogP contribution is 2.39. The first-order valence-corrected chi connectivity index (χ1v) is 7.85. The number of benzene rings is 3. The summed E-state index contributed by atoms with van der Waals surface area (Å²) in [5.41, 5.74) is 5.21. The van der Waals surface area contributed by atoms with Gasteiger partial charge in [0.25, 0.3) is 0 Å². The molecule has 0 aliphatic carbocycles. The van der Waals surface area contributed by atoms with Crippen LogP contribution >= 0.6 is 0 Å². The lowest BCUT2D eigenvalue weighted by Gasteiger charge is -2.18. The second kappa shape index (κ2) is 7.49. The van der Waals surface area contributed by atoms with Crippen LogP contribution < -0.4 is 15.2 Å². The van der Waals surface area contributed by atoms with Gasteiger partial charge < -0.3 is 15.2 Å². The van der Waals surface area contributed by atoms with E-state index in [1.807, 2.05) is 12.1 Å². The number of nitrogens with two attached hydrogens (primary N) is 1. The lowest BCUT2D eigenvalue weighted by molar-refractivity contribution is -0.149. The Labute approximate surface area is 148 Å². The molecule has 3 nitrogen and oxygen atoms in total. The molecular formula is C20H16F3NO2. The highest BCUT2D eigenvalue weighted by Gasteiger charge is 2.38. The third kappa shape index (κ3) is 4.34. The molecule has 0 unspecified atom stereocenters. The normalized spacial score (nSPS) is 12.5. The van der Waals surface area contributed by atoms with Gasteiger partial charge in [0.2, 0.25) is 0 Å². The molecule has 0 heterocycles. The molecule has 26 heavy (non-hydrogen) atoms. The Bertz CT molecular complexity index is 852. The molecule has 1 atom stereocenters. The summed E-state index contributed by atoms with van der Waals surface area (Å²) < 4.78 is 50.3. The minimum absolute atomic E-state index is 0.108. The zero-order valence-corrected chi connectivity index (χ0v) is 13.6. The maximum atomic E-state index is 12.9. The molecule has 0 radical (unpaired) electrons. The van der Waals surface area contributed by atoms with Crippen LogP contribution in [0, 0.1) is 0 Å². The van der Waals surface area contributed by atoms with Crippen molar-refractivity contribution in [2.75, 3.05) is 0 Å². The summed E-state index contributed by atoms with van der Waals surface area (Å²) in [7, 11) is 0. The monoisotopic (exact) mass is 359 g/mol. The molecule has 6 heteroatoms. The molecule has 0 saturated heterocycles. The molecular weight excluding hydrogens is 343 g/mol. The lowest BCUT2D eigenvalue weighted by Crippen LogP contribution is -2.28. The Morgan fingerprint density at radius 3 is 1.69 bits per heavy atom.